The first-order valence-electron chi connectivity index (χ1n) is 17.4. The topological polar surface area (TPSA) is 197 Å². The van der Waals surface area contributed by atoms with Gasteiger partial charge in [-0.2, -0.15) is 0 Å². The Labute approximate surface area is 308 Å². The van der Waals surface area contributed by atoms with E-state index in [1.54, 1.807) is 24.3 Å². The number of ether oxygens (including phenoxy) is 2. The minimum absolute atomic E-state index is 0.134. The number of nitro benzene ring substituents is 2. The van der Waals surface area contributed by atoms with E-state index in [1.807, 2.05) is 0 Å². The highest BCUT2D eigenvalue weighted by molar-refractivity contribution is 8.18. The number of hydrogen-bond donors (Lipinski definition) is 2. The van der Waals surface area contributed by atoms with Crippen molar-refractivity contribution < 1.29 is 38.5 Å². The van der Waals surface area contributed by atoms with E-state index >= 15 is 0 Å². The highest BCUT2D eigenvalue weighted by Crippen LogP contribution is 2.34. The molecule has 0 unspecified atom stereocenters. The Bertz CT molecular complexity index is 1640. The Kier molecular flexibility index (Phi) is 13.8. The molecule has 4 fully saturated rings. The van der Waals surface area contributed by atoms with Gasteiger partial charge in [0.15, 0.2) is 0 Å². The van der Waals surface area contributed by atoms with Crippen LogP contribution in [-0.4, -0.2) is 45.4 Å². The Morgan fingerprint density at radius 1 is 0.635 bits per heavy atom. The van der Waals surface area contributed by atoms with E-state index in [4.69, 9.17) is 9.47 Å². The Hall–Kier alpha value is -4.70. The van der Waals surface area contributed by atoms with Gasteiger partial charge < -0.3 is 9.47 Å². The van der Waals surface area contributed by atoms with Crippen molar-refractivity contribution in [3.05, 3.63) is 77.6 Å². The van der Waals surface area contributed by atoms with Gasteiger partial charge in [0.2, 0.25) is 0 Å². The lowest BCUT2D eigenvalue weighted by atomic mass is 9.87. The second-order valence-corrected chi connectivity index (χ2v) is 15.0. The zero-order chi connectivity index (χ0) is 37.0. The summed E-state index contributed by atoms with van der Waals surface area (Å²) in [6.07, 6.45) is 17.3. The first-order chi connectivity index (χ1) is 25.0. The maximum absolute atomic E-state index is 11.7. The molecule has 14 nitrogen and oxygen atoms in total. The number of nitrogens with one attached hydrogen (secondary N) is 2. The van der Waals surface area contributed by atoms with Gasteiger partial charge in [0, 0.05) is 12.1 Å². The number of rotatable bonds is 12. The fourth-order valence-corrected chi connectivity index (χ4v) is 7.92. The maximum atomic E-state index is 11.7. The average Bonchev–Trinajstić information content (AvgIpc) is 3.62. The summed E-state index contributed by atoms with van der Waals surface area (Å²) in [7, 11) is 0. The SMILES string of the molecule is O=C1NC(=O)C(=Cc2cc(OCCC3CCCCC3)ccc2[N+](=O)[O-])S1.O=C1NC(=O)C(=Cc2cc(OCCC3CCCCC3)ccc2[N+](=O)[O-])S1. The van der Waals surface area contributed by atoms with Crippen LogP contribution in [0.15, 0.2) is 46.2 Å². The highest BCUT2D eigenvalue weighted by Gasteiger charge is 2.28. The molecule has 16 heteroatoms. The molecule has 2 aromatic rings. The van der Waals surface area contributed by atoms with Crippen LogP contribution < -0.4 is 20.1 Å². The van der Waals surface area contributed by atoms with Gasteiger partial charge in [-0.1, -0.05) is 64.2 Å². The second kappa shape index (κ2) is 18.7. The zero-order valence-corrected chi connectivity index (χ0v) is 30.1. The molecule has 2 aromatic carbocycles. The summed E-state index contributed by atoms with van der Waals surface area (Å²) in [5.74, 6) is 1.33. The van der Waals surface area contributed by atoms with Crippen molar-refractivity contribution in [2.24, 2.45) is 11.8 Å². The van der Waals surface area contributed by atoms with E-state index in [-0.39, 0.29) is 32.3 Å². The van der Waals surface area contributed by atoms with Gasteiger partial charge >= 0.3 is 0 Å². The molecule has 2 saturated heterocycles. The molecule has 2 N–H and O–H groups in total. The van der Waals surface area contributed by atoms with Crippen molar-refractivity contribution in [1.29, 1.82) is 0 Å². The van der Waals surface area contributed by atoms with Gasteiger partial charge in [-0.3, -0.25) is 50.0 Å². The summed E-state index contributed by atoms with van der Waals surface area (Å²) in [5.41, 5.74) is 0.227. The van der Waals surface area contributed by atoms with E-state index in [0.717, 1.165) is 36.4 Å². The summed E-state index contributed by atoms with van der Waals surface area (Å²) in [6.45, 7) is 1.12. The maximum Gasteiger partial charge on any atom is 0.290 e. The zero-order valence-electron chi connectivity index (χ0n) is 28.5. The largest absolute Gasteiger partial charge is 0.494 e. The van der Waals surface area contributed by atoms with Gasteiger partial charge in [0.05, 0.1) is 44.0 Å². The molecule has 52 heavy (non-hydrogen) atoms. The molecule has 0 bridgehead atoms. The number of imide groups is 2. The first kappa shape index (κ1) is 38.5. The number of thioether (sulfide) groups is 2. The molecule has 2 heterocycles. The minimum Gasteiger partial charge on any atom is -0.494 e. The van der Waals surface area contributed by atoms with Crippen molar-refractivity contribution in [2.75, 3.05) is 13.2 Å². The third kappa shape index (κ3) is 11.1. The summed E-state index contributed by atoms with van der Waals surface area (Å²) < 4.78 is 11.5. The summed E-state index contributed by atoms with van der Waals surface area (Å²) in [6, 6.07) is 8.94. The number of nitro groups is 2. The summed E-state index contributed by atoms with van der Waals surface area (Å²) in [4.78, 5) is 67.6. The van der Waals surface area contributed by atoms with Crippen LogP contribution in [0.3, 0.4) is 0 Å². The fraction of sp³-hybridized carbons (Fsp3) is 0.444. The third-order valence-electron chi connectivity index (χ3n) is 9.29. The Morgan fingerprint density at radius 2 is 1.02 bits per heavy atom. The smallest absolute Gasteiger partial charge is 0.290 e. The fourth-order valence-electron chi connectivity index (χ4n) is 6.57. The van der Waals surface area contributed by atoms with E-state index in [0.29, 0.717) is 36.5 Å². The van der Waals surface area contributed by atoms with E-state index in [1.165, 1.54) is 88.5 Å². The van der Waals surface area contributed by atoms with Gasteiger partial charge in [-0.25, -0.2) is 0 Å². The van der Waals surface area contributed by atoms with Crippen LogP contribution in [0.1, 0.15) is 88.2 Å². The average molecular weight is 753 g/mol. The molecule has 0 atom stereocenters. The molecule has 0 spiro atoms. The summed E-state index contributed by atoms with van der Waals surface area (Å²) >= 11 is 1.46. The van der Waals surface area contributed by atoms with Crippen LogP contribution in [0, 0.1) is 32.1 Å². The van der Waals surface area contributed by atoms with Crippen molar-refractivity contribution in [3.8, 4) is 11.5 Å². The number of benzene rings is 2. The molecule has 2 aliphatic heterocycles. The van der Waals surface area contributed by atoms with Crippen LogP contribution in [0.2, 0.25) is 0 Å². The minimum atomic E-state index is -0.544. The van der Waals surface area contributed by atoms with E-state index < -0.39 is 32.1 Å². The van der Waals surface area contributed by atoms with E-state index in [9.17, 15) is 39.4 Å². The monoisotopic (exact) mass is 752 g/mol. The molecular weight excluding hydrogens is 713 g/mol. The highest BCUT2D eigenvalue weighted by atomic mass is 32.2. The molecule has 0 aromatic heterocycles. The number of carbonyl (C=O) groups excluding carboxylic acids is 4. The third-order valence-corrected chi connectivity index (χ3v) is 10.9. The first-order valence-corrected chi connectivity index (χ1v) is 19.0. The van der Waals surface area contributed by atoms with Gasteiger partial charge in [0.25, 0.3) is 33.7 Å². The van der Waals surface area contributed by atoms with Crippen LogP contribution in [0.4, 0.5) is 21.0 Å². The van der Waals surface area contributed by atoms with Gasteiger partial charge in [-0.15, -0.1) is 0 Å². The normalized spacial score (nSPS) is 19.6. The van der Waals surface area contributed by atoms with Crippen LogP contribution in [0.5, 0.6) is 11.5 Å². The van der Waals surface area contributed by atoms with Crippen LogP contribution >= 0.6 is 23.5 Å². The van der Waals surface area contributed by atoms with Crippen molar-refractivity contribution in [3.63, 3.8) is 0 Å². The Morgan fingerprint density at radius 3 is 1.35 bits per heavy atom. The Balaban J connectivity index is 0.000000201. The molecule has 276 valence electrons. The number of hydrogen-bond acceptors (Lipinski definition) is 12. The lowest BCUT2D eigenvalue weighted by Crippen LogP contribution is -2.17. The van der Waals surface area contributed by atoms with Crippen molar-refractivity contribution >= 4 is 69.3 Å². The molecule has 6 rings (SSSR count). The van der Waals surface area contributed by atoms with Crippen molar-refractivity contribution in [2.45, 2.75) is 77.0 Å². The molecular formula is C36H40N4O10S2. The molecule has 2 aliphatic carbocycles. The molecule has 4 amide bonds. The van der Waals surface area contributed by atoms with Crippen LogP contribution in [-0.2, 0) is 9.59 Å². The second-order valence-electron chi connectivity index (χ2n) is 12.9. The molecule has 2 saturated carbocycles. The number of carbonyl (C=O) groups is 4. The lowest BCUT2D eigenvalue weighted by Gasteiger charge is -2.21. The van der Waals surface area contributed by atoms with Crippen LogP contribution in [0.25, 0.3) is 12.2 Å². The number of nitrogens with zero attached hydrogens (tertiary/aromatic N) is 2. The summed E-state index contributed by atoms with van der Waals surface area (Å²) in [5, 5.41) is 25.8. The predicted octanol–water partition coefficient (Wildman–Crippen LogP) is 8.54. The molecule has 0 radical (unpaired) electrons. The van der Waals surface area contributed by atoms with E-state index in [2.05, 4.69) is 10.6 Å². The lowest BCUT2D eigenvalue weighted by molar-refractivity contribution is -0.385. The number of amides is 4. The van der Waals surface area contributed by atoms with Gasteiger partial charge in [0.1, 0.15) is 11.5 Å². The predicted molar refractivity (Wildman–Crippen MR) is 198 cm³/mol. The standard InChI is InChI=1S/2C18H20N2O5S/c2*21-17-16(26-18(22)19-17)11-13-10-14(6-7-15(13)20(23)24)25-9-8-12-4-2-1-3-5-12/h2*6-7,10-12H,1-5,8-9H2,(H,19,21,22). The van der Waals surface area contributed by atoms with Gasteiger partial charge in [-0.05, 0) is 84.6 Å². The van der Waals surface area contributed by atoms with Crippen molar-refractivity contribution in [1.82, 2.24) is 10.6 Å². The quantitative estimate of drug-likeness (QED) is 0.119. The molecule has 4 aliphatic rings.